The minimum absolute atomic E-state index is 0.263. The van der Waals surface area contributed by atoms with Crippen LogP contribution in [-0.2, 0) is 14.8 Å². The van der Waals surface area contributed by atoms with Gasteiger partial charge >= 0.3 is 0 Å². The second-order valence-corrected chi connectivity index (χ2v) is 5.88. The molecule has 0 bridgehead atoms. The van der Waals surface area contributed by atoms with Gasteiger partial charge in [0.25, 0.3) is 0 Å². The Hall–Kier alpha value is -1.34. The molecule has 0 unspecified atom stereocenters. The van der Waals surface area contributed by atoms with Gasteiger partial charge in [-0.15, -0.1) is 0 Å². The van der Waals surface area contributed by atoms with Crippen molar-refractivity contribution in [2.45, 2.75) is 0 Å². The molecule has 1 heterocycles. The number of nitrogens with one attached hydrogen (secondary N) is 1. The Morgan fingerprint density at radius 1 is 1.33 bits per heavy atom. The lowest BCUT2D eigenvalue weighted by Gasteiger charge is -2.30. The van der Waals surface area contributed by atoms with Crippen LogP contribution < -0.4 is 9.62 Å². The topological polar surface area (TPSA) is 58.6 Å². The maximum Gasteiger partial charge on any atom is 0.229 e. The number of benzene rings is 1. The van der Waals surface area contributed by atoms with Gasteiger partial charge in [0.2, 0.25) is 10.0 Å². The maximum atomic E-state index is 13.2. The Morgan fingerprint density at radius 2 is 2.00 bits per heavy atom. The van der Waals surface area contributed by atoms with Crippen molar-refractivity contribution in [2.75, 3.05) is 42.2 Å². The number of anilines is 2. The highest BCUT2D eigenvalue weighted by Crippen LogP contribution is 2.28. The molecule has 7 heteroatoms. The van der Waals surface area contributed by atoms with Crippen LogP contribution >= 0.6 is 0 Å². The van der Waals surface area contributed by atoms with Crippen molar-refractivity contribution in [1.29, 1.82) is 0 Å². The third-order valence-corrected chi connectivity index (χ3v) is 3.20. The van der Waals surface area contributed by atoms with E-state index in [1.807, 2.05) is 4.90 Å². The normalized spacial score (nSPS) is 16.7. The number of sulfonamides is 1. The number of nitrogens with zero attached hydrogens (tertiary/aromatic N) is 1. The zero-order valence-corrected chi connectivity index (χ0v) is 10.8. The van der Waals surface area contributed by atoms with Crippen molar-refractivity contribution >= 4 is 21.4 Å². The average Bonchev–Trinajstić information content (AvgIpc) is 2.28. The highest BCUT2D eigenvalue weighted by atomic mass is 32.2. The molecule has 1 aromatic carbocycles. The van der Waals surface area contributed by atoms with Crippen LogP contribution in [0, 0.1) is 5.82 Å². The van der Waals surface area contributed by atoms with Gasteiger partial charge in [-0.05, 0) is 12.1 Å². The first-order valence-electron chi connectivity index (χ1n) is 5.56. The van der Waals surface area contributed by atoms with Crippen LogP contribution in [0.25, 0.3) is 0 Å². The average molecular weight is 274 g/mol. The summed E-state index contributed by atoms with van der Waals surface area (Å²) in [6.07, 6.45) is 1.04. The van der Waals surface area contributed by atoms with E-state index < -0.39 is 15.8 Å². The fourth-order valence-corrected chi connectivity index (χ4v) is 2.43. The summed E-state index contributed by atoms with van der Waals surface area (Å²) in [4.78, 5) is 1.97. The van der Waals surface area contributed by atoms with E-state index in [0.29, 0.717) is 32.0 Å². The van der Waals surface area contributed by atoms with Gasteiger partial charge in [-0.25, -0.2) is 12.8 Å². The molecule has 18 heavy (non-hydrogen) atoms. The standard InChI is InChI=1S/C11H15FN2O3S/c1-18(15,16)13-10-8-9(12)2-3-11(10)14-4-6-17-7-5-14/h2-3,8,13H,4-7H2,1H3. The summed E-state index contributed by atoms with van der Waals surface area (Å²) in [5.74, 6) is -0.474. The van der Waals surface area contributed by atoms with Crippen LogP contribution in [-0.4, -0.2) is 41.0 Å². The van der Waals surface area contributed by atoms with E-state index in [1.165, 1.54) is 12.1 Å². The molecule has 1 aromatic rings. The summed E-state index contributed by atoms with van der Waals surface area (Å²) < 4.78 is 43.3. The van der Waals surface area contributed by atoms with Gasteiger partial charge in [-0.2, -0.15) is 0 Å². The molecule has 0 aliphatic carbocycles. The molecule has 0 radical (unpaired) electrons. The number of hydrogen-bond donors (Lipinski definition) is 1. The molecule has 0 aromatic heterocycles. The second kappa shape index (κ2) is 5.11. The quantitative estimate of drug-likeness (QED) is 0.894. The first-order valence-corrected chi connectivity index (χ1v) is 7.45. The van der Waals surface area contributed by atoms with Gasteiger partial charge in [0.15, 0.2) is 0 Å². The summed E-state index contributed by atoms with van der Waals surface area (Å²) in [6.45, 7) is 2.47. The number of halogens is 1. The van der Waals surface area contributed by atoms with Gasteiger partial charge in [0.05, 0.1) is 30.8 Å². The van der Waals surface area contributed by atoms with Gasteiger partial charge in [0, 0.05) is 19.2 Å². The fraction of sp³-hybridized carbons (Fsp3) is 0.455. The summed E-state index contributed by atoms with van der Waals surface area (Å²) >= 11 is 0. The molecule has 0 atom stereocenters. The first-order chi connectivity index (χ1) is 8.46. The van der Waals surface area contributed by atoms with Gasteiger partial charge in [-0.1, -0.05) is 0 Å². The van der Waals surface area contributed by atoms with Crippen molar-refractivity contribution in [2.24, 2.45) is 0 Å². The largest absolute Gasteiger partial charge is 0.378 e. The third-order valence-electron chi connectivity index (χ3n) is 2.61. The van der Waals surface area contributed by atoms with Crippen LogP contribution in [0.5, 0.6) is 0 Å². The Labute approximate surface area is 106 Å². The predicted molar refractivity (Wildman–Crippen MR) is 67.9 cm³/mol. The molecule has 1 saturated heterocycles. The van der Waals surface area contributed by atoms with E-state index in [-0.39, 0.29) is 5.69 Å². The Morgan fingerprint density at radius 3 is 2.61 bits per heavy atom. The van der Waals surface area contributed by atoms with Crippen LogP contribution in [0.2, 0.25) is 0 Å². The minimum Gasteiger partial charge on any atom is -0.378 e. The molecule has 2 rings (SSSR count). The van der Waals surface area contributed by atoms with Crippen molar-refractivity contribution in [1.82, 2.24) is 0 Å². The van der Waals surface area contributed by atoms with Crippen molar-refractivity contribution < 1.29 is 17.5 Å². The zero-order chi connectivity index (χ0) is 13.2. The van der Waals surface area contributed by atoms with Crippen LogP contribution in [0.4, 0.5) is 15.8 Å². The molecule has 1 fully saturated rings. The lowest BCUT2D eigenvalue weighted by molar-refractivity contribution is 0.123. The lowest BCUT2D eigenvalue weighted by Crippen LogP contribution is -2.36. The van der Waals surface area contributed by atoms with E-state index in [1.54, 1.807) is 6.07 Å². The summed E-state index contributed by atoms with van der Waals surface area (Å²) in [5.41, 5.74) is 0.935. The highest BCUT2D eigenvalue weighted by molar-refractivity contribution is 7.92. The minimum atomic E-state index is -3.43. The molecular formula is C11H15FN2O3S. The fourth-order valence-electron chi connectivity index (χ4n) is 1.87. The van der Waals surface area contributed by atoms with E-state index in [9.17, 15) is 12.8 Å². The number of hydrogen-bond acceptors (Lipinski definition) is 4. The summed E-state index contributed by atoms with van der Waals surface area (Å²) in [5, 5.41) is 0. The van der Waals surface area contributed by atoms with Crippen LogP contribution in [0.3, 0.4) is 0 Å². The smallest absolute Gasteiger partial charge is 0.229 e. The molecule has 0 amide bonds. The predicted octanol–water partition coefficient (Wildman–Crippen LogP) is 1.03. The number of rotatable bonds is 3. The third kappa shape index (κ3) is 3.33. The highest BCUT2D eigenvalue weighted by Gasteiger charge is 2.17. The van der Waals surface area contributed by atoms with Crippen molar-refractivity contribution in [3.8, 4) is 0 Å². The molecule has 1 aliphatic rings. The van der Waals surface area contributed by atoms with Crippen molar-refractivity contribution in [3.63, 3.8) is 0 Å². The van der Waals surface area contributed by atoms with Crippen LogP contribution in [0.15, 0.2) is 18.2 Å². The molecular weight excluding hydrogens is 259 g/mol. The van der Waals surface area contributed by atoms with Gasteiger partial charge in [0.1, 0.15) is 5.82 Å². The van der Waals surface area contributed by atoms with Crippen LogP contribution in [0.1, 0.15) is 0 Å². The first kappa shape index (κ1) is 13.1. The molecule has 100 valence electrons. The van der Waals surface area contributed by atoms with E-state index in [0.717, 1.165) is 6.26 Å². The molecule has 1 aliphatic heterocycles. The zero-order valence-electron chi connectivity index (χ0n) is 10.0. The van der Waals surface area contributed by atoms with E-state index in [4.69, 9.17) is 4.74 Å². The maximum absolute atomic E-state index is 13.2. The summed E-state index contributed by atoms with van der Waals surface area (Å²) in [7, 11) is -3.43. The number of morpholine rings is 1. The Bertz CT molecular complexity index is 527. The Kier molecular flexibility index (Phi) is 3.72. The molecule has 5 nitrogen and oxygen atoms in total. The Balaban J connectivity index is 2.33. The SMILES string of the molecule is CS(=O)(=O)Nc1cc(F)ccc1N1CCOCC1. The second-order valence-electron chi connectivity index (χ2n) is 4.14. The molecule has 0 saturated carbocycles. The monoisotopic (exact) mass is 274 g/mol. The van der Waals surface area contributed by atoms with E-state index >= 15 is 0 Å². The molecule has 0 spiro atoms. The van der Waals surface area contributed by atoms with Gasteiger partial charge < -0.3 is 9.64 Å². The van der Waals surface area contributed by atoms with Crippen molar-refractivity contribution in [3.05, 3.63) is 24.0 Å². The summed E-state index contributed by atoms with van der Waals surface area (Å²) in [6, 6.07) is 4.08. The lowest BCUT2D eigenvalue weighted by atomic mass is 10.2. The van der Waals surface area contributed by atoms with Gasteiger partial charge in [-0.3, -0.25) is 4.72 Å². The number of ether oxygens (including phenoxy) is 1. The van der Waals surface area contributed by atoms with E-state index in [2.05, 4.69) is 4.72 Å². The molecule has 1 N–H and O–H groups in total.